The normalized spacial score (nSPS) is 23.8. The van der Waals surface area contributed by atoms with Gasteiger partial charge in [-0.3, -0.25) is 0 Å². The summed E-state index contributed by atoms with van der Waals surface area (Å²) in [5.41, 5.74) is 0.470. The molecule has 0 aliphatic carbocycles. The van der Waals surface area contributed by atoms with Crippen LogP contribution in [0.15, 0.2) is 0 Å². The summed E-state index contributed by atoms with van der Waals surface area (Å²) in [6.07, 6.45) is 3.98. The first-order chi connectivity index (χ1) is 8.28. The molecule has 1 rings (SSSR count). The Morgan fingerprint density at radius 2 is 1.89 bits per heavy atom. The van der Waals surface area contributed by atoms with Crippen LogP contribution in [-0.2, 0) is 0 Å². The van der Waals surface area contributed by atoms with Crippen molar-refractivity contribution in [1.82, 2.24) is 10.2 Å². The van der Waals surface area contributed by atoms with Gasteiger partial charge in [0.15, 0.2) is 0 Å². The number of rotatable bonds is 6. The Labute approximate surface area is 115 Å². The summed E-state index contributed by atoms with van der Waals surface area (Å²) in [6, 6.07) is 1.38. The van der Waals surface area contributed by atoms with Gasteiger partial charge in [0.25, 0.3) is 0 Å². The van der Waals surface area contributed by atoms with E-state index in [4.69, 9.17) is 0 Å². The average Bonchev–Trinajstić information content (AvgIpc) is 2.71. The smallest absolute Gasteiger partial charge is 0.00390 e. The van der Waals surface area contributed by atoms with Gasteiger partial charge in [-0.25, -0.2) is 0 Å². The van der Waals surface area contributed by atoms with Gasteiger partial charge in [-0.1, -0.05) is 20.8 Å². The molecule has 0 aromatic carbocycles. The summed E-state index contributed by atoms with van der Waals surface area (Å²) >= 11 is 0. The van der Waals surface area contributed by atoms with Crippen LogP contribution in [0.3, 0.4) is 0 Å². The van der Waals surface area contributed by atoms with Crippen molar-refractivity contribution >= 4 is 0 Å². The second-order valence-electron chi connectivity index (χ2n) is 7.65. The van der Waals surface area contributed by atoms with Crippen molar-refractivity contribution in [2.75, 3.05) is 19.6 Å². The van der Waals surface area contributed by atoms with Crippen LogP contribution in [0.25, 0.3) is 0 Å². The van der Waals surface area contributed by atoms with Crippen molar-refractivity contribution in [3.8, 4) is 0 Å². The molecule has 2 unspecified atom stereocenters. The van der Waals surface area contributed by atoms with E-state index < -0.39 is 0 Å². The minimum atomic E-state index is 0.470. The highest BCUT2D eigenvalue weighted by Crippen LogP contribution is 2.22. The van der Waals surface area contributed by atoms with Gasteiger partial charge in [0.1, 0.15) is 0 Å². The van der Waals surface area contributed by atoms with E-state index in [0.717, 1.165) is 5.92 Å². The maximum absolute atomic E-state index is 3.73. The summed E-state index contributed by atoms with van der Waals surface area (Å²) in [6.45, 7) is 17.7. The zero-order chi connectivity index (χ0) is 13.8. The molecule has 0 aromatic heterocycles. The van der Waals surface area contributed by atoms with E-state index in [-0.39, 0.29) is 0 Å². The first kappa shape index (κ1) is 16.0. The Balaban J connectivity index is 2.14. The number of hydrogen-bond donors (Lipinski definition) is 1. The fourth-order valence-electron chi connectivity index (χ4n) is 2.62. The predicted molar refractivity (Wildman–Crippen MR) is 81.0 cm³/mol. The Morgan fingerprint density at radius 3 is 2.39 bits per heavy atom. The van der Waals surface area contributed by atoms with Gasteiger partial charge in [-0.05, 0) is 64.5 Å². The van der Waals surface area contributed by atoms with Gasteiger partial charge in [0, 0.05) is 18.6 Å². The number of hydrogen-bond acceptors (Lipinski definition) is 2. The van der Waals surface area contributed by atoms with Crippen LogP contribution >= 0.6 is 0 Å². The molecule has 0 spiro atoms. The lowest BCUT2D eigenvalue weighted by molar-refractivity contribution is 0.261. The quantitative estimate of drug-likeness (QED) is 0.780. The molecule has 1 saturated heterocycles. The zero-order valence-corrected chi connectivity index (χ0v) is 13.4. The fourth-order valence-corrected chi connectivity index (χ4v) is 2.62. The van der Waals surface area contributed by atoms with Crippen LogP contribution in [0.2, 0.25) is 0 Å². The van der Waals surface area contributed by atoms with Gasteiger partial charge in [0.05, 0.1) is 0 Å². The van der Waals surface area contributed by atoms with Crippen LogP contribution in [-0.4, -0.2) is 36.6 Å². The van der Waals surface area contributed by atoms with E-state index in [9.17, 15) is 0 Å². The monoisotopic (exact) mass is 254 g/mol. The topological polar surface area (TPSA) is 15.3 Å². The van der Waals surface area contributed by atoms with Crippen LogP contribution in [0, 0.1) is 11.3 Å². The lowest BCUT2D eigenvalue weighted by Gasteiger charge is -2.23. The molecule has 2 atom stereocenters. The first-order valence-corrected chi connectivity index (χ1v) is 7.75. The highest BCUT2D eigenvalue weighted by molar-refractivity contribution is 4.80. The highest BCUT2D eigenvalue weighted by atomic mass is 15.2. The van der Waals surface area contributed by atoms with Crippen LogP contribution in [0.5, 0.6) is 0 Å². The molecule has 1 fully saturated rings. The largest absolute Gasteiger partial charge is 0.314 e. The van der Waals surface area contributed by atoms with E-state index in [0.29, 0.717) is 17.5 Å². The van der Waals surface area contributed by atoms with E-state index in [1.54, 1.807) is 0 Å². The summed E-state index contributed by atoms with van der Waals surface area (Å²) < 4.78 is 0. The summed E-state index contributed by atoms with van der Waals surface area (Å²) in [7, 11) is 0. The van der Waals surface area contributed by atoms with E-state index >= 15 is 0 Å². The molecule has 1 aliphatic rings. The molecular weight excluding hydrogens is 220 g/mol. The predicted octanol–water partition coefficient (Wildman–Crippen LogP) is 3.52. The molecule has 2 heteroatoms. The SMILES string of the molecule is CC(CCC(C)(C)C)NCC1CCN(C(C)C)C1. The Bertz CT molecular complexity index is 230. The van der Waals surface area contributed by atoms with Gasteiger partial charge in [-0.15, -0.1) is 0 Å². The standard InChI is InChI=1S/C16H34N2/c1-13(2)18-10-8-15(12-18)11-17-14(3)7-9-16(4,5)6/h13-15,17H,7-12H2,1-6H3. The lowest BCUT2D eigenvalue weighted by atomic mass is 9.89. The molecule has 18 heavy (non-hydrogen) atoms. The molecule has 2 nitrogen and oxygen atoms in total. The van der Waals surface area contributed by atoms with Crippen molar-refractivity contribution in [3.05, 3.63) is 0 Å². The number of likely N-dealkylation sites (tertiary alicyclic amines) is 1. The second kappa shape index (κ2) is 6.91. The van der Waals surface area contributed by atoms with E-state index in [2.05, 4.69) is 51.8 Å². The molecule has 0 aromatic rings. The molecule has 1 heterocycles. The van der Waals surface area contributed by atoms with Crippen molar-refractivity contribution in [3.63, 3.8) is 0 Å². The lowest BCUT2D eigenvalue weighted by Crippen LogP contribution is -2.34. The summed E-state index contributed by atoms with van der Waals surface area (Å²) in [4.78, 5) is 2.60. The number of nitrogens with one attached hydrogen (secondary N) is 1. The molecule has 0 radical (unpaired) electrons. The van der Waals surface area contributed by atoms with Crippen molar-refractivity contribution < 1.29 is 0 Å². The fraction of sp³-hybridized carbons (Fsp3) is 1.00. The number of nitrogens with zero attached hydrogens (tertiary/aromatic N) is 1. The van der Waals surface area contributed by atoms with Crippen molar-refractivity contribution in [1.29, 1.82) is 0 Å². The van der Waals surface area contributed by atoms with Gasteiger partial charge in [0.2, 0.25) is 0 Å². The Hall–Kier alpha value is -0.0800. The minimum absolute atomic E-state index is 0.470. The molecule has 1 aliphatic heterocycles. The van der Waals surface area contributed by atoms with Gasteiger partial charge in [-0.2, -0.15) is 0 Å². The Morgan fingerprint density at radius 1 is 1.22 bits per heavy atom. The molecule has 0 amide bonds. The molecule has 108 valence electrons. The maximum atomic E-state index is 3.73. The third-order valence-corrected chi connectivity index (χ3v) is 4.13. The molecular formula is C16H34N2. The molecule has 0 bridgehead atoms. The Kier molecular flexibility index (Phi) is 6.13. The first-order valence-electron chi connectivity index (χ1n) is 7.75. The van der Waals surface area contributed by atoms with E-state index in [1.807, 2.05) is 0 Å². The van der Waals surface area contributed by atoms with Gasteiger partial charge >= 0.3 is 0 Å². The highest BCUT2D eigenvalue weighted by Gasteiger charge is 2.24. The van der Waals surface area contributed by atoms with Crippen LogP contribution in [0.4, 0.5) is 0 Å². The summed E-state index contributed by atoms with van der Waals surface area (Å²) in [5.74, 6) is 0.865. The second-order valence-corrected chi connectivity index (χ2v) is 7.65. The average molecular weight is 254 g/mol. The third kappa shape index (κ3) is 6.19. The van der Waals surface area contributed by atoms with Crippen LogP contribution in [0.1, 0.15) is 60.8 Å². The summed E-state index contributed by atoms with van der Waals surface area (Å²) in [5, 5.41) is 3.73. The minimum Gasteiger partial charge on any atom is -0.314 e. The van der Waals surface area contributed by atoms with Gasteiger partial charge < -0.3 is 10.2 Å². The van der Waals surface area contributed by atoms with E-state index in [1.165, 1.54) is 38.9 Å². The van der Waals surface area contributed by atoms with Crippen molar-refractivity contribution in [2.24, 2.45) is 11.3 Å². The maximum Gasteiger partial charge on any atom is 0.00390 e. The van der Waals surface area contributed by atoms with Crippen LogP contribution < -0.4 is 5.32 Å². The third-order valence-electron chi connectivity index (χ3n) is 4.13. The zero-order valence-electron chi connectivity index (χ0n) is 13.4. The molecule has 0 saturated carbocycles. The molecule has 1 N–H and O–H groups in total. The van der Waals surface area contributed by atoms with Crippen molar-refractivity contribution in [2.45, 2.75) is 72.9 Å².